The van der Waals surface area contributed by atoms with E-state index in [-0.39, 0.29) is 17.9 Å². The lowest BCUT2D eigenvalue weighted by Crippen LogP contribution is -2.32. The number of methoxy groups -OCH3 is 1. The van der Waals surface area contributed by atoms with Gasteiger partial charge in [-0.15, -0.1) is 0 Å². The molecule has 0 fully saturated rings. The zero-order chi connectivity index (χ0) is 19.3. The molecule has 136 valence electrons. The van der Waals surface area contributed by atoms with Crippen molar-refractivity contribution in [1.82, 2.24) is 9.80 Å². The molecule has 1 unspecified atom stereocenters. The second kappa shape index (κ2) is 8.58. The highest BCUT2D eigenvalue weighted by Crippen LogP contribution is 2.30. The molecule has 1 heterocycles. The number of nitrogens with zero attached hydrogens (tertiary/aromatic N) is 2. The Kier molecular flexibility index (Phi) is 6.46. The summed E-state index contributed by atoms with van der Waals surface area (Å²) < 4.78 is 4.67. The Morgan fingerprint density at radius 2 is 1.42 bits per heavy atom. The molecule has 5 nitrogen and oxygen atoms in total. The third-order valence-electron chi connectivity index (χ3n) is 4.03. The van der Waals surface area contributed by atoms with Gasteiger partial charge in [0.2, 0.25) is 0 Å². The fourth-order valence-corrected chi connectivity index (χ4v) is 2.62. The largest absolute Gasteiger partial charge is 0.474 e. The van der Waals surface area contributed by atoms with Crippen LogP contribution in [0.3, 0.4) is 0 Å². The highest BCUT2D eigenvalue weighted by molar-refractivity contribution is 7.79. The number of rotatable bonds is 2. The Morgan fingerprint density at radius 3 is 1.81 bits per heavy atom. The minimum atomic E-state index is -0.256. The van der Waals surface area contributed by atoms with Crippen molar-refractivity contribution in [3.05, 3.63) is 71.3 Å². The normalized spacial score (nSPS) is 13.5. The summed E-state index contributed by atoms with van der Waals surface area (Å²) in [6.07, 6.45) is 0. The molecule has 1 aliphatic rings. The summed E-state index contributed by atoms with van der Waals surface area (Å²) in [5.41, 5.74) is 1.95. The minimum Gasteiger partial charge on any atom is -0.474 e. The first-order chi connectivity index (χ1) is 12.4. The van der Waals surface area contributed by atoms with Gasteiger partial charge >= 0.3 is 0 Å². The van der Waals surface area contributed by atoms with Crippen LogP contribution in [0.2, 0.25) is 0 Å². The topological polar surface area (TPSA) is 49.9 Å². The molecule has 1 aliphatic heterocycles. The van der Waals surface area contributed by atoms with Gasteiger partial charge in [0, 0.05) is 14.1 Å². The molecule has 0 aliphatic carbocycles. The summed E-state index contributed by atoms with van der Waals surface area (Å²) in [5, 5.41) is 0.514. The summed E-state index contributed by atoms with van der Waals surface area (Å²) in [6.45, 7) is 1.87. The van der Waals surface area contributed by atoms with Crippen molar-refractivity contribution < 1.29 is 14.3 Å². The first-order valence-corrected chi connectivity index (χ1v) is 8.56. The predicted octanol–water partition coefficient (Wildman–Crippen LogP) is 3.52. The smallest absolute Gasteiger partial charge is 0.262 e. The van der Waals surface area contributed by atoms with E-state index in [9.17, 15) is 9.59 Å². The lowest BCUT2D eigenvalue weighted by Gasteiger charge is -2.22. The van der Waals surface area contributed by atoms with E-state index in [0.29, 0.717) is 16.3 Å². The van der Waals surface area contributed by atoms with Crippen LogP contribution in [0.25, 0.3) is 0 Å². The number of hydrogen-bond acceptors (Lipinski definition) is 4. The number of hydrogen-bond donors (Lipinski definition) is 0. The lowest BCUT2D eigenvalue weighted by atomic mass is 10.1. The second-order valence-electron chi connectivity index (χ2n) is 5.98. The molecule has 2 aromatic carbocycles. The monoisotopic (exact) mass is 370 g/mol. The predicted molar refractivity (Wildman–Crippen MR) is 105 cm³/mol. The van der Waals surface area contributed by atoms with Crippen molar-refractivity contribution >= 4 is 29.2 Å². The van der Waals surface area contributed by atoms with Crippen LogP contribution in [0.4, 0.5) is 0 Å². The minimum absolute atomic E-state index is 0.211. The zero-order valence-electron chi connectivity index (χ0n) is 15.3. The Labute approximate surface area is 159 Å². The highest BCUT2D eigenvalue weighted by Gasteiger charge is 2.38. The Bertz CT molecular complexity index is 771. The van der Waals surface area contributed by atoms with E-state index >= 15 is 0 Å². The molecule has 0 radical (unpaired) electrons. The number of thiocarbonyl (C=S) groups is 1. The second-order valence-corrected chi connectivity index (χ2v) is 6.33. The summed E-state index contributed by atoms with van der Waals surface area (Å²) in [5.74, 6) is -0.422. The van der Waals surface area contributed by atoms with Gasteiger partial charge in [-0.1, -0.05) is 42.5 Å². The van der Waals surface area contributed by atoms with Crippen LogP contribution in [0.5, 0.6) is 0 Å². The first kappa shape index (κ1) is 19.6. The Morgan fingerprint density at radius 1 is 0.962 bits per heavy atom. The molecule has 6 heteroatoms. The van der Waals surface area contributed by atoms with Gasteiger partial charge in [-0.2, -0.15) is 0 Å². The molecular formula is C20H22N2O3S. The van der Waals surface area contributed by atoms with E-state index in [1.54, 1.807) is 36.3 Å². The maximum atomic E-state index is 12.3. The lowest BCUT2D eigenvalue weighted by molar-refractivity contribution is 0.0595. The van der Waals surface area contributed by atoms with Crippen molar-refractivity contribution in [2.24, 2.45) is 0 Å². The molecule has 0 spiro atoms. The molecule has 0 bridgehead atoms. The van der Waals surface area contributed by atoms with Crippen LogP contribution in [-0.4, -0.2) is 48.0 Å². The van der Waals surface area contributed by atoms with E-state index in [0.717, 1.165) is 5.56 Å². The molecule has 0 saturated heterocycles. The van der Waals surface area contributed by atoms with Gasteiger partial charge in [-0.05, 0) is 36.8 Å². The molecule has 1 atom stereocenters. The summed E-state index contributed by atoms with van der Waals surface area (Å²) >= 11 is 4.68. The van der Waals surface area contributed by atoms with Crippen molar-refractivity contribution in [3.63, 3.8) is 0 Å². The number of imide groups is 1. The van der Waals surface area contributed by atoms with Crippen molar-refractivity contribution in [2.75, 3.05) is 21.2 Å². The average Bonchev–Trinajstić information content (AvgIpc) is 2.92. The van der Waals surface area contributed by atoms with Crippen LogP contribution < -0.4 is 0 Å². The van der Waals surface area contributed by atoms with Crippen LogP contribution in [0.15, 0.2) is 54.6 Å². The van der Waals surface area contributed by atoms with Gasteiger partial charge in [0.15, 0.2) is 0 Å². The fourth-order valence-electron chi connectivity index (χ4n) is 2.62. The van der Waals surface area contributed by atoms with E-state index in [4.69, 9.17) is 0 Å². The van der Waals surface area contributed by atoms with E-state index in [2.05, 4.69) is 17.0 Å². The maximum Gasteiger partial charge on any atom is 0.262 e. The summed E-state index contributed by atoms with van der Waals surface area (Å²) in [7, 11) is 5.24. The van der Waals surface area contributed by atoms with Gasteiger partial charge in [0.25, 0.3) is 17.0 Å². The molecule has 0 aromatic heterocycles. The summed E-state index contributed by atoms with van der Waals surface area (Å²) in [6, 6.07) is 16.3. The zero-order valence-corrected chi connectivity index (χ0v) is 16.1. The number of fused-ring (bicyclic) bond motifs is 1. The first-order valence-electron chi connectivity index (χ1n) is 8.15. The van der Waals surface area contributed by atoms with E-state index in [1.165, 1.54) is 4.90 Å². The third-order valence-corrected chi connectivity index (χ3v) is 4.57. The van der Waals surface area contributed by atoms with Crippen molar-refractivity contribution in [1.29, 1.82) is 0 Å². The van der Waals surface area contributed by atoms with Gasteiger partial charge in [0.1, 0.15) is 0 Å². The van der Waals surface area contributed by atoms with E-state index in [1.807, 2.05) is 51.4 Å². The van der Waals surface area contributed by atoms with Gasteiger partial charge in [0.05, 0.1) is 24.3 Å². The fraction of sp³-hybridized carbons (Fsp3) is 0.250. The maximum absolute atomic E-state index is 12.3. The number of carbonyl (C=O) groups excluding carboxylic acids is 2. The SMILES string of the molecule is CC(c1ccccc1)N1C(=O)c2ccccc2C1=O.COC(=S)N(C)C. The van der Waals surface area contributed by atoms with E-state index < -0.39 is 0 Å². The number of carbonyl (C=O) groups is 2. The van der Waals surface area contributed by atoms with Gasteiger partial charge in [-0.3, -0.25) is 14.5 Å². The molecule has 26 heavy (non-hydrogen) atoms. The number of benzene rings is 2. The Balaban J connectivity index is 0.000000298. The third kappa shape index (κ3) is 4.08. The molecular weight excluding hydrogens is 348 g/mol. The van der Waals surface area contributed by atoms with Crippen LogP contribution in [0.1, 0.15) is 39.2 Å². The van der Waals surface area contributed by atoms with Crippen LogP contribution >= 0.6 is 12.2 Å². The highest BCUT2D eigenvalue weighted by atomic mass is 32.1. The van der Waals surface area contributed by atoms with Crippen molar-refractivity contribution in [2.45, 2.75) is 13.0 Å². The van der Waals surface area contributed by atoms with Crippen LogP contribution in [0, 0.1) is 0 Å². The Hall–Kier alpha value is -2.73. The molecule has 2 aromatic rings. The summed E-state index contributed by atoms with van der Waals surface area (Å²) in [4.78, 5) is 27.7. The standard InChI is InChI=1S/C16H13NO2.C4H9NOS/c1-11(12-7-3-2-4-8-12)17-15(18)13-9-5-6-10-14(13)16(17)19;1-5(2)4(7)6-3/h2-11H,1H3;1-3H3. The quantitative estimate of drug-likeness (QED) is 0.598. The molecule has 0 saturated carbocycles. The van der Waals surface area contributed by atoms with Gasteiger partial charge in [-0.25, -0.2) is 0 Å². The molecule has 2 amide bonds. The van der Waals surface area contributed by atoms with Gasteiger partial charge < -0.3 is 9.64 Å². The number of amides is 2. The van der Waals surface area contributed by atoms with Crippen molar-refractivity contribution in [3.8, 4) is 0 Å². The average molecular weight is 370 g/mol. The molecule has 0 N–H and O–H groups in total. The number of ether oxygens (including phenoxy) is 1. The van der Waals surface area contributed by atoms with Crippen LogP contribution in [-0.2, 0) is 4.74 Å². The molecule has 3 rings (SSSR count).